The minimum atomic E-state index is 0.232. The maximum Gasteiger partial charge on any atom is 0.150 e. The van der Waals surface area contributed by atoms with Crippen LogP contribution in [0.1, 0.15) is 34.3 Å². The monoisotopic (exact) mass is 237 g/mol. The topological polar surface area (TPSA) is 51.0 Å². The summed E-state index contributed by atoms with van der Waals surface area (Å²) in [6.07, 6.45) is 1.65. The van der Waals surface area contributed by atoms with Crippen LogP contribution in [-0.2, 0) is 6.54 Å². The van der Waals surface area contributed by atoms with Crippen molar-refractivity contribution < 1.29 is 4.52 Å². The highest BCUT2D eigenvalue weighted by Gasteiger charge is 2.12. The molecule has 0 aliphatic heterocycles. The van der Waals surface area contributed by atoms with Gasteiger partial charge in [0, 0.05) is 17.0 Å². The molecule has 4 nitrogen and oxygen atoms in total. The first-order valence-electron chi connectivity index (χ1n) is 5.23. The van der Waals surface area contributed by atoms with Crippen LogP contribution in [0, 0.1) is 13.8 Å². The van der Waals surface area contributed by atoms with Gasteiger partial charge >= 0.3 is 0 Å². The van der Waals surface area contributed by atoms with Crippen LogP contribution in [0.2, 0.25) is 0 Å². The molecule has 0 bridgehead atoms. The van der Waals surface area contributed by atoms with Gasteiger partial charge in [0.15, 0.2) is 0 Å². The van der Waals surface area contributed by atoms with Crippen molar-refractivity contribution in [3.63, 3.8) is 0 Å². The molecule has 0 fully saturated rings. The van der Waals surface area contributed by atoms with Crippen molar-refractivity contribution in [2.75, 3.05) is 0 Å². The Morgan fingerprint density at radius 1 is 1.50 bits per heavy atom. The summed E-state index contributed by atoms with van der Waals surface area (Å²) in [5.74, 6) is 0.844. The van der Waals surface area contributed by atoms with Crippen molar-refractivity contribution in [3.8, 4) is 0 Å². The summed E-state index contributed by atoms with van der Waals surface area (Å²) in [6, 6.07) is 2.09. The van der Waals surface area contributed by atoms with Gasteiger partial charge < -0.3 is 9.84 Å². The normalized spacial score (nSPS) is 12.9. The van der Waals surface area contributed by atoms with Gasteiger partial charge in [0.2, 0.25) is 0 Å². The second kappa shape index (κ2) is 4.76. The van der Waals surface area contributed by atoms with Crippen LogP contribution in [0.3, 0.4) is 0 Å². The third kappa shape index (κ3) is 2.48. The molecule has 0 spiro atoms. The summed E-state index contributed by atoms with van der Waals surface area (Å²) in [5.41, 5.74) is 1.13. The van der Waals surface area contributed by atoms with E-state index in [1.54, 1.807) is 17.5 Å². The molecule has 5 heteroatoms. The van der Waals surface area contributed by atoms with Gasteiger partial charge in [0.1, 0.15) is 5.76 Å². The minimum absolute atomic E-state index is 0.232. The quantitative estimate of drug-likeness (QED) is 0.888. The number of hydrogen-bond acceptors (Lipinski definition) is 5. The van der Waals surface area contributed by atoms with Gasteiger partial charge in [-0.05, 0) is 20.8 Å². The Balaban J connectivity index is 1.98. The van der Waals surface area contributed by atoms with Gasteiger partial charge in [0.25, 0.3) is 0 Å². The standard InChI is InChI=1S/C11H15N3OS/c1-7(11-8(2)16-9(3)14-11)12-6-10-4-5-13-15-10/h4-5,7,12H,6H2,1-3H3. The van der Waals surface area contributed by atoms with Crippen LogP contribution in [0.25, 0.3) is 0 Å². The number of nitrogens with one attached hydrogen (secondary N) is 1. The van der Waals surface area contributed by atoms with Crippen LogP contribution < -0.4 is 5.32 Å². The molecule has 1 unspecified atom stereocenters. The van der Waals surface area contributed by atoms with E-state index in [4.69, 9.17) is 4.52 Å². The van der Waals surface area contributed by atoms with Crippen LogP contribution >= 0.6 is 11.3 Å². The number of aryl methyl sites for hydroxylation is 2. The summed E-state index contributed by atoms with van der Waals surface area (Å²) in [5, 5.41) is 8.14. The number of nitrogens with zero attached hydrogens (tertiary/aromatic N) is 2. The number of thiazole rings is 1. The predicted molar refractivity (Wildman–Crippen MR) is 63.3 cm³/mol. The average molecular weight is 237 g/mol. The van der Waals surface area contributed by atoms with E-state index in [0.717, 1.165) is 16.5 Å². The average Bonchev–Trinajstić information content (AvgIpc) is 2.84. The van der Waals surface area contributed by atoms with Crippen molar-refractivity contribution in [1.29, 1.82) is 0 Å². The molecule has 0 saturated carbocycles. The molecular weight excluding hydrogens is 222 g/mol. The van der Waals surface area contributed by atoms with Crippen molar-refractivity contribution in [1.82, 2.24) is 15.5 Å². The number of rotatable bonds is 4. The van der Waals surface area contributed by atoms with Crippen molar-refractivity contribution in [2.45, 2.75) is 33.4 Å². The second-order valence-corrected chi connectivity index (χ2v) is 5.16. The third-order valence-electron chi connectivity index (χ3n) is 2.42. The molecule has 0 radical (unpaired) electrons. The number of hydrogen-bond donors (Lipinski definition) is 1. The Morgan fingerprint density at radius 2 is 2.31 bits per heavy atom. The highest BCUT2D eigenvalue weighted by Crippen LogP contribution is 2.22. The molecule has 2 rings (SSSR count). The molecule has 0 saturated heterocycles. The van der Waals surface area contributed by atoms with Gasteiger partial charge in [-0.2, -0.15) is 0 Å². The Bertz CT molecular complexity index is 450. The predicted octanol–water partition coefficient (Wildman–Crippen LogP) is 2.60. The van der Waals surface area contributed by atoms with E-state index in [1.165, 1.54) is 4.88 Å². The zero-order chi connectivity index (χ0) is 11.5. The molecular formula is C11H15N3OS. The van der Waals surface area contributed by atoms with Crippen LogP contribution in [0.4, 0.5) is 0 Å². The Hall–Kier alpha value is -1.20. The lowest BCUT2D eigenvalue weighted by molar-refractivity contribution is 0.365. The van der Waals surface area contributed by atoms with Crippen LogP contribution in [0.15, 0.2) is 16.8 Å². The highest BCUT2D eigenvalue weighted by atomic mass is 32.1. The van der Waals surface area contributed by atoms with Gasteiger partial charge in [0.05, 0.1) is 23.4 Å². The first kappa shape index (κ1) is 11.3. The van der Waals surface area contributed by atoms with Crippen LogP contribution in [0.5, 0.6) is 0 Å². The molecule has 2 aromatic rings. The smallest absolute Gasteiger partial charge is 0.150 e. The molecule has 0 aromatic carbocycles. The fraction of sp³-hybridized carbons (Fsp3) is 0.455. The van der Waals surface area contributed by atoms with E-state index in [2.05, 4.69) is 29.3 Å². The summed E-state index contributed by atoms with van der Waals surface area (Å²) in [6.45, 7) is 6.92. The summed E-state index contributed by atoms with van der Waals surface area (Å²) < 4.78 is 5.02. The van der Waals surface area contributed by atoms with E-state index in [9.17, 15) is 0 Å². The first-order valence-corrected chi connectivity index (χ1v) is 6.05. The van der Waals surface area contributed by atoms with Gasteiger partial charge in [-0.1, -0.05) is 5.16 Å². The molecule has 86 valence electrons. The fourth-order valence-electron chi connectivity index (χ4n) is 1.63. The Morgan fingerprint density at radius 3 is 2.88 bits per heavy atom. The first-order chi connectivity index (χ1) is 7.66. The zero-order valence-electron chi connectivity index (χ0n) is 9.65. The fourth-order valence-corrected chi connectivity index (χ4v) is 2.54. The maximum absolute atomic E-state index is 5.02. The summed E-state index contributed by atoms with van der Waals surface area (Å²) in [7, 11) is 0. The Labute approximate surface area is 98.7 Å². The van der Waals surface area contributed by atoms with E-state index in [1.807, 2.05) is 13.0 Å². The second-order valence-electron chi connectivity index (χ2n) is 3.76. The largest absolute Gasteiger partial charge is 0.360 e. The molecule has 1 N–H and O–H groups in total. The minimum Gasteiger partial charge on any atom is -0.360 e. The maximum atomic E-state index is 5.02. The van der Waals surface area contributed by atoms with E-state index >= 15 is 0 Å². The molecule has 0 aliphatic rings. The Kier molecular flexibility index (Phi) is 3.36. The third-order valence-corrected chi connectivity index (χ3v) is 3.33. The zero-order valence-corrected chi connectivity index (χ0v) is 10.5. The van der Waals surface area contributed by atoms with E-state index in [-0.39, 0.29) is 6.04 Å². The summed E-state index contributed by atoms with van der Waals surface area (Å²) in [4.78, 5) is 5.79. The lowest BCUT2D eigenvalue weighted by Crippen LogP contribution is -2.18. The number of aromatic nitrogens is 2. The lowest BCUT2D eigenvalue weighted by Gasteiger charge is -2.10. The van der Waals surface area contributed by atoms with Gasteiger partial charge in [-0.25, -0.2) is 4.98 Å². The molecule has 2 heterocycles. The SMILES string of the molecule is Cc1nc(C(C)NCc2ccno2)c(C)s1. The van der Waals surface area contributed by atoms with E-state index < -0.39 is 0 Å². The molecule has 0 aliphatic carbocycles. The van der Waals surface area contributed by atoms with Crippen LogP contribution in [-0.4, -0.2) is 10.1 Å². The van der Waals surface area contributed by atoms with Gasteiger partial charge in [-0.3, -0.25) is 0 Å². The lowest BCUT2D eigenvalue weighted by atomic mass is 10.2. The molecule has 1 atom stereocenters. The molecule has 2 aromatic heterocycles. The van der Waals surface area contributed by atoms with Crippen molar-refractivity contribution in [3.05, 3.63) is 33.6 Å². The highest BCUT2D eigenvalue weighted by molar-refractivity contribution is 7.11. The molecule has 0 amide bonds. The van der Waals surface area contributed by atoms with Crippen molar-refractivity contribution in [2.24, 2.45) is 0 Å². The molecule has 16 heavy (non-hydrogen) atoms. The van der Waals surface area contributed by atoms with E-state index in [0.29, 0.717) is 6.54 Å². The van der Waals surface area contributed by atoms with Crippen molar-refractivity contribution >= 4 is 11.3 Å². The van der Waals surface area contributed by atoms with Gasteiger partial charge in [-0.15, -0.1) is 11.3 Å². The summed E-state index contributed by atoms with van der Waals surface area (Å²) >= 11 is 1.73.